The number of nitrogens with zero attached hydrogens (tertiary/aromatic N) is 3. The van der Waals surface area contributed by atoms with Crippen molar-refractivity contribution in [2.24, 2.45) is 0 Å². The van der Waals surface area contributed by atoms with Gasteiger partial charge in [-0.05, 0) is 44.0 Å². The van der Waals surface area contributed by atoms with E-state index >= 15 is 0 Å². The number of rotatable bonds is 13. The highest BCUT2D eigenvalue weighted by molar-refractivity contribution is 5.53. The van der Waals surface area contributed by atoms with Gasteiger partial charge in [0.15, 0.2) is 0 Å². The van der Waals surface area contributed by atoms with E-state index in [0.717, 1.165) is 48.3 Å². The van der Waals surface area contributed by atoms with Gasteiger partial charge in [0.05, 0.1) is 6.61 Å². The highest BCUT2D eigenvalue weighted by Gasteiger charge is 2.17. The summed E-state index contributed by atoms with van der Waals surface area (Å²) >= 11 is 0. The molecule has 2 aromatic rings. The smallest absolute Gasteiger partial charge is 0.222 e. The molecule has 0 aliphatic carbocycles. The van der Waals surface area contributed by atoms with Crippen LogP contribution in [0.4, 0.5) is 11.8 Å². The van der Waals surface area contributed by atoms with Gasteiger partial charge in [-0.25, -0.2) is 4.98 Å². The molecule has 8 heteroatoms. The van der Waals surface area contributed by atoms with E-state index in [1.807, 2.05) is 32.2 Å². The van der Waals surface area contributed by atoms with Gasteiger partial charge in [0, 0.05) is 50.5 Å². The van der Waals surface area contributed by atoms with Crippen molar-refractivity contribution in [3.63, 3.8) is 0 Å². The van der Waals surface area contributed by atoms with E-state index in [-0.39, 0.29) is 24.3 Å². The van der Waals surface area contributed by atoms with Crippen LogP contribution in [0.3, 0.4) is 0 Å². The lowest BCUT2D eigenvalue weighted by atomic mass is 10.0. The van der Waals surface area contributed by atoms with E-state index < -0.39 is 0 Å². The molecule has 0 spiro atoms. The number of methoxy groups -OCH3 is 1. The molecular weight excluding hydrogens is 394 g/mol. The SMILES string of the molecule is CCC[C@@H](CCO)Nc1nc(N)nc(C)c1Cc1ccc(CN(C)CCOC)cc1O. The van der Waals surface area contributed by atoms with Crippen LogP contribution in [-0.4, -0.2) is 65.0 Å². The van der Waals surface area contributed by atoms with Gasteiger partial charge >= 0.3 is 0 Å². The Morgan fingerprint density at radius 1 is 1.26 bits per heavy atom. The summed E-state index contributed by atoms with van der Waals surface area (Å²) in [5, 5.41) is 23.5. The predicted octanol–water partition coefficient (Wildman–Crippen LogP) is 2.70. The second kappa shape index (κ2) is 12.4. The van der Waals surface area contributed by atoms with Crippen LogP contribution >= 0.6 is 0 Å². The lowest BCUT2D eigenvalue weighted by Crippen LogP contribution is -2.23. The third kappa shape index (κ3) is 7.65. The first-order valence-corrected chi connectivity index (χ1v) is 10.9. The minimum absolute atomic E-state index is 0.0982. The monoisotopic (exact) mass is 431 g/mol. The van der Waals surface area contributed by atoms with Crippen LogP contribution in [0.25, 0.3) is 0 Å². The van der Waals surface area contributed by atoms with Crippen LogP contribution in [0.1, 0.15) is 48.6 Å². The molecule has 0 aliphatic heterocycles. The topological polar surface area (TPSA) is 117 Å². The summed E-state index contributed by atoms with van der Waals surface area (Å²) in [4.78, 5) is 10.9. The first-order valence-electron chi connectivity index (χ1n) is 10.9. The molecule has 0 amide bonds. The summed E-state index contributed by atoms with van der Waals surface area (Å²) in [6.45, 7) is 6.33. The largest absolute Gasteiger partial charge is 0.508 e. The number of hydrogen-bond donors (Lipinski definition) is 4. The molecule has 172 valence electrons. The number of aromatic hydroxyl groups is 1. The molecule has 1 atom stereocenters. The van der Waals surface area contributed by atoms with E-state index in [4.69, 9.17) is 10.5 Å². The van der Waals surface area contributed by atoms with Gasteiger partial charge in [0.25, 0.3) is 0 Å². The minimum atomic E-state index is 0.0982. The van der Waals surface area contributed by atoms with Crippen molar-refractivity contribution in [3.8, 4) is 5.75 Å². The van der Waals surface area contributed by atoms with Gasteiger partial charge in [-0.3, -0.25) is 4.90 Å². The maximum Gasteiger partial charge on any atom is 0.222 e. The Bertz CT molecular complexity index is 825. The molecule has 31 heavy (non-hydrogen) atoms. The van der Waals surface area contributed by atoms with E-state index in [9.17, 15) is 10.2 Å². The minimum Gasteiger partial charge on any atom is -0.508 e. The van der Waals surface area contributed by atoms with Gasteiger partial charge in [-0.2, -0.15) is 4.98 Å². The summed E-state index contributed by atoms with van der Waals surface area (Å²) in [7, 11) is 3.71. The van der Waals surface area contributed by atoms with Gasteiger partial charge in [0.1, 0.15) is 11.6 Å². The first-order chi connectivity index (χ1) is 14.9. The quantitative estimate of drug-likeness (QED) is 0.382. The number of ether oxygens (including phenoxy) is 1. The number of aliphatic hydroxyl groups excluding tert-OH is 1. The summed E-state index contributed by atoms with van der Waals surface area (Å²) in [5.74, 6) is 1.13. The van der Waals surface area contributed by atoms with Crippen molar-refractivity contribution in [3.05, 3.63) is 40.6 Å². The molecule has 2 rings (SSSR count). The number of nitrogens with two attached hydrogens (primary N) is 1. The predicted molar refractivity (Wildman–Crippen MR) is 124 cm³/mol. The number of hydrogen-bond acceptors (Lipinski definition) is 8. The average Bonchev–Trinajstić information content (AvgIpc) is 2.70. The third-order valence-corrected chi connectivity index (χ3v) is 5.33. The fourth-order valence-electron chi connectivity index (χ4n) is 3.62. The molecule has 1 aromatic carbocycles. The molecule has 0 aliphatic rings. The number of benzene rings is 1. The highest BCUT2D eigenvalue weighted by Crippen LogP contribution is 2.28. The summed E-state index contributed by atoms with van der Waals surface area (Å²) in [6.07, 6.45) is 3.03. The van der Waals surface area contributed by atoms with Crippen LogP contribution < -0.4 is 11.1 Å². The van der Waals surface area contributed by atoms with Crippen LogP contribution in [0, 0.1) is 6.92 Å². The van der Waals surface area contributed by atoms with E-state index in [2.05, 4.69) is 27.1 Å². The molecule has 0 bridgehead atoms. The second-order valence-corrected chi connectivity index (χ2v) is 8.01. The lowest BCUT2D eigenvalue weighted by Gasteiger charge is -2.21. The zero-order valence-electron chi connectivity index (χ0n) is 19.2. The van der Waals surface area contributed by atoms with Crippen LogP contribution in [-0.2, 0) is 17.7 Å². The molecule has 1 heterocycles. The Kier molecular flexibility index (Phi) is 9.97. The fourth-order valence-corrected chi connectivity index (χ4v) is 3.62. The van der Waals surface area contributed by atoms with Crippen molar-refractivity contribution in [1.29, 1.82) is 0 Å². The molecule has 0 radical (unpaired) electrons. The fraction of sp³-hybridized carbons (Fsp3) is 0.565. The Morgan fingerprint density at radius 3 is 2.68 bits per heavy atom. The standard InChI is InChI=1S/C23H37N5O3/c1-5-6-19(9-11-29)26-22-20(16(2)25-23(24)27-22)14-18-8-7-17(13-21(18)30)15-28(3)10-12-31-4/h7-8,13,19,29-30H,5-6,9-12,14-15H2,1-4H3,(H3,24,25,26,27)/t19-/m0/s1. The molecule has 5 N–H and O–H groups in total. The zero-order valence-corrected chi connectivity index (χ0v) is 19.2. The number of anilines is 2. The van der Waals surface area contributed by atoms with E-state index in [1.165, 1.54) is 0 Å². The second-order valence-electron chi connectivity index (χ2n) is 8.01. The first kappa shape index (κ1) is 24.8. The number of aliphatic hydroxyl groups is 1. The third-order valence-electron chi connectivity index (χ3n) is 5.33. The maximum absolute atomic E-state index is 10.7. The van der Waals surface area contributed by atoms with Crippen LogP contribution in [0.5, 0.6) is 5.75 Å². The summed E-state index contributed by atoms with van der Waals surface area (Å²) < 4.78 is 5.12. The van der Waals surface area contributed by atoms with Crippen LogP contribution in [0.2, 0.25) is 0 Å². The Balaban J connectivity index is 2.23. The molecule has 0 saturated heterocycles. The number of nitrogen functional groups attached to an aromatic ring is 1. The van der Waals surface area contributed by atoms with Crippen molar-refractivity contribution in [1.82, 2.24) is 14.9 Å². The van der Waals surface area contributed by atoms with E-state index in [0.29, 0.717) is 25.3 Å². The zero-order chi connectivity index (χ0) is 22.8. The molecule has 8 nitrogen and oxygen atoms in total. The van der Waals surface area contributed by atoms with E-state index in [1.54, 1.807) is 7.11 Å². The number of nitrogens with one attached hydrogen (secondary N) is 1. The van der Waals surface area contributed by atoms with Crippen molar-refractivity contribution >= 4 is 11.8 Å². The summed E-state index contributed by atoms with van der Waals surface area (Å²) in [6, 6.07) is 5.89. The normalized spacial score (nSPS) is 12.3. The summed E-state index contributed by atoms with van der Waals surface area (Å²) in [5.41, 5.74) is 9.41. The molecule has 0 unspecified atom stereocenters. The van der Waals surface area contributed by atoms with Gasteiger partial charge < -0.3 is 26.0 Å². The molecule has 1 aromatic heterocycles. The molecule has 0 fully saturated rings. The van der Waals surface area contributed by atoms with Crippen LogP contribution in [0.15, 0.2) is 18.2 Å². The van der Waals surface area contributed by atoms with Crippen molar-refractivity contribution < 1.29 is 14.9 Å². The highest BCUT2D eigenvalue weighted by atomic mass is 16.5. The Morgan fingerprint density at radius 2 is 2.03 bits per heavy atom. The van der Waals surface area contributed by atoms with Gasteiger partial charge in [0.2, 0.25) is 5.95 Å². The van der Waals surface area contributed by atoms with Gasteiger partial charge in [-0.1, -0.05) is 25.5 Å². The number of phenols is 1. The maximum atomic E-state index is 10.7. The number of aromatic nitrogens is 2. The number of aryl methyl sites for hydroxylation is 1. The van der Waals surface area contributed by atoms with Crippen molar-refractivity contribution in [2.75, 3.05) is 45.0 Å². The Labute approximate surface area is 185 Å². The molecular formula is C23H37N5O3. The Hall–Kier alpha value is -2.42. The number of likely N-dealkylation sites (N-methyl/N-ethyl adjacent to an activating group) is 1. The molecule has 0 saturated carbocycles. The number of phenolic OH excluding ortho intramolecular Hbond substituents is 1. The van der Waals surface area contributed by atoms with Crippen molar-refractivity contribution in [2.45, 2.75) is 52.1 Å². The average molecular weight is 432 g/mol. The lowest BCUT2D eigenvalue weighted by molar-refractivity contribution is 0.158. The van der Waals surface area contributed by atoms with Gasteiger partial charge in [-0.15, -0.1) is 0 Å².